The van der Waals surface area contributed by atoms with E-state index in [1.165, 1.54) is 6.42 Å². The van der Waals surface area contributed by atoms with Crippen LogP contribution in [0.5, 0.6) is 0 Å². The van der Waals surface area contributed by atoms with E-state index in [1.807, 2.05) is 26.2 Å². The third-order valence-electron chi connectivity index (χ3n) is 3.88. The topological polar surface area (TPSA) is 33.2 Å². The molecule has 0 unspecified atom stereocenters. The molecule has 0 bridgehead atoms. The fourth-order valence-electron chi connectivity index (χ4n) is 2.78. The number of aromatic nitrogens is 1. The Morgan fingerprint density at radius 1 is 1.29 bits per heavy atom. The Bertz CT molecular complexity index is 380. The van der Waals surface area contributed by atoms with Crippen LogP contribution in [0, 0.1) is 0 Å². The van der Waals surface area contributed by atoms with Crippen LogP contribution >= 0.6 is 0 Å². The Morgan fingerprint density at radius 2 is 2.00 bits per heavy atom. The molecular weight excluding hydrogens is 212 g/mol. The van der Waals surface area contributed by atoms with Crippen molar-refractivity contribution in [1.82, 2.24) is 9.88 Å². The number of hydrogen-bond donors (Lipinski definition) is 0. The highest BCUT2D eigenvalue weighted by Crippen LogP contribution is 2.34. The average molecular weight is 232 g/mol. The number of likely N-dealkylation sites (N-methyl/N-ethyl adjacent to an activating group) is 1. The normalized spacial score (nSPS) is 19.2. The number of carbonyl (C=O) groups excluding carboxylic acids is 1. The molecule has 1 saturated carbocycles. The molecule has 3 nitrogen and oxygen atoms in total. The van der Waals surface area contributed by atoms with E-state index in [0.29, 0.717) is 0 Å². The summed E-state index contributed by atoms with van der Waals surface area (Å²) < 4.78 is 0. The summed E-state index contributed by atoms with van der Waals surface area (Å²) in [5, 5.41) is 0. The molecule has 0 radical (unpaired) electrons. The monoisotopic (exact) mass is 232 g/mol. The van der Waals surface area contributed by atoms with E-state index in [4.69, 9.17) is 0 Å². The van der Waals surface area contributed by atoms with Gasteiger partial charge in [0.2, 0.25) is 0 Å². The summed E-state index contributed by atoms with van der Waals surface area (Å²) >= 11 is 0. The molecule has 0 N–H and O–H groups in total. The lowest BCUT2D eigenvalue weighted by molar-refractivity contribution is 0.0563. The molecule has 0 spiro atoms. The largest absolute Gasteiger partial charge is 0.297 e. The van der Waals surface area contributed by atoms with Crippen molar-refractivity contribution in [2.75, 3.05) is 14.1 Å². The van der Waals surface area contributed by atoms with Crippen LogP contribution in [-0.2, 0) is 0 Å². The smallest absolute Gasteiger partial charge is 0.184 e. The third kappa shape index (κ3) is 2.25. The van der Waals surface area contributed by atoms with E-state index in [0.717, 1.165) is 31.2 Å². The van der Waals surface area contributed by atoms with Crippen LogP contribution < -0.4 is 0 Å². The molecule has 1 fully saturated rings. The quantitative estimate of drug-likeness (QED) is 0.751. The van der Waals surface area contributed by atoms with Crippen LogP contribution in [0.2, 0.25) is 0 Å². The van der Waals surface area contributed by atoms with E-state index in [1.54, 1.807) is 12.4 Å². The molecule has 1 heterocycles. The molecule has 3 heteroatoms. The standard InChI is InChI=1S/C14H20N2O/c1-16(2)14(8-4-3-5-9-14)13(17)12-7-6-10-15-11-12/h6-7,10-11H,3-5,8-9H2,1-2H3. The van der Waals surface area contributed by atoms with Crippen molar-refractivity contribution in [3.8, 4) is 0 Å². The van der Waals surface area contributed by atoms with Crippen LogP contribution in [0.1, 0.15) is 42.5 Å². The maximum Gasteiger partial charge on any atom is 0.184 e. The van der Waals surface area contributed by atoms with Crippen molar-refractivity contribution in [2.24, 2.45) is 0 Å². The number of hydrogen-bond acceptors (Lipinski definition) is 3. The van der Waals surface area contributed by atoms with Gasteiger partial charge in [0.05, 0.1) is 5.54 Å². The van der Waals surface area contributed by atoms with E-state index in [9.17, 15) is 4.79 Å². The number of Topliss-reactive ketones (excluding diaryl/α,β-unsaturated/α-hetero) is 1. The molecule has 1 aromatic heterocycles. The van der Waals surface area contributed by atoms with Gasteiger partial charge in [-0.3, -0.25) is 14.7 Å². The predicted octanol–water partition coefficient (Wildman–Crippen LogP) is 2.53. The maximum absolute atomic E-state index is 12.7. The van der Waals surface area contributed by atoms with Crippen LogP contribution in [0.25, 0.3) is 0 Å². The van der Waals surface area contributed by atoms with Crippen molar-refractivity contribution < 1.29 is 4.79 Å². The van der Waals surface area contributed by atoms with E-state index in [-0.39, 0.29) is 11.3 Å². The van der Waals surface area contributed by atoms with Crippen LogP contribution in [0.4, 0.5) is 0 Å². The second-order valence-corrected chi connectivity index (χ2v) is 5.06. The Morgan fingerprint density at radius 3 is 2.53 bits per heavy atom. The van der Waals surface area contributed by atoms with Gasteiger partial charge in [-0.05, 0) is 39.1 Å². The zero-order valence-electron chi connectivity index (χ0n) is 10.6. The molecule has 0 amide bonds. The summed E-state index contributed by atoms with van der Waals surface area (Å²) in [4.78, 5) is 18.8. The number of nitrogens with zero attached hydrogens (tertiary/aromatic N) is 2. The molecule has 1 aliphatic carbocycles. The third-order valence-corrected chi connectivity index (χ3v) is 3.88. The first kappa shape index (κ1) is 12.2. The van der Waals surface area contributed by atoms with Gasteiger partial charge in [0.1, 0.15) is 0 Å². The highest BCUT2D eigenvalue weighted by atomic mass is 16.1. The summed E-state index contributed by atoms with van der Waals surface area (Å²) in [5.74, 6) is 0.232. The SMILES string of the molecule is CN(C)C1(C(=O)c2cccnc2)CCCCC1. The number of ketones is 1. The van der Waals surface area contributed by atoms with Gasteiger partial charge in [-0.15, -0.1) is 0 Å². The van der Waals surface area contributed by atoms with Crippen molar-refractivity contribution in [2.45, 2.75) is 37.6 Å². The molecule has 1 aromatic rings. The van der Waals surface area contributed by atoms with Gasteiger partial charge in [0.25, 0.3) is 0 Å². The fraction of sp³-hybridized carbons (Fsp3) is 0.571. The average Bonchev–Trinajstić information content (AvgIpc) is 2.39. The highest BCUT2D eigenvalue weighted by Gasteiger charge is 2.41. The van der Waals surface area contributed by atoms with E-state index >= 15 is 0 Å². The molecule has 0 atom stereocenters. The number of carbonyl (C=O) groups is 1. The Hall–Kier alpha value is -1.22. The molecule has 17 heavy (non-hydrogen) atoms. The Labute approximate surface area is 103 Å². The summed E-state index contributed by atoms with van der Waals surface area (Å²) in [6.07, 6.45) is 8.86. The van der Waals surface area contributed by atoms with Crippen LogP contribution in [0.15, 0.2) is 24.5 Å². The van der Waals surface area contributed by atoms with Gasteiger partial charge in [0.15, 0.2) is 5.78 Å². The molecule has 0 aromatic carbocycles. The maximum atomic E-state index is 12.7. The lowest BCUT2D eigenvalue weighted by atomic mass is 9.76. The summed E-state index contributed by atoms with van der Waals surface area (Å²) in [5.41, 5.74) is 0.435. The minimum Gasteiger partial charge on any atom is -0.297 e. The molecule has 2 rings (SSSR count). The number of rotatable bonds is 3. The Kier molecular flexibility index (Phi) is 3.57. The van der Waals surface area contributed by atoms with Gasteiger partial charge in [-0.2, -0.15) is 0 Å². The molecular formula is C14H20N2O. The minimum atomic E-state index is -0.304. The molecule has 0 saturated heterocycles. The first-order chi connectivity index (χ1) is 8.17. The first-order valence-corrected chi connectivity index (χ1v) is 6.29. The van der Waals surface area contributed by atoms with Gasteiger partial charge in [-0.25, -0.2) is 0 Å². The predicted molar refractivity (Wildman–Crippen MR) is 68.1 cm³/mol. The zero-order valence-corrected chi connectivity index (χ0v) is 10.6. The zero-order chi connectivity index (χ0) is 12.3. The van der Waals surface area contributed by atoms with Gasteiger partial charge >= 0.3 is 0 Å². The highest BCUT2D eigenvalue weighted by molar-refractivity contribution is 6.03. The lowest BCUT2D eigenvalue weighted by Gasteiger charge is -2.41. The summed E-state index contributed by atoms with van der Waals surface area (Å²) in [7, 11) is 4.03. The fourth-order valence-corrected chi connectivity index (χ4v) is 2.78. The van der Waals surface area contributed by atoms with Gasteiger partial charge < -0.3 is 0 Å². The van der Waals surface area contributed by atoms with E-state index < -0.39 is 0 Å². The number of pyridine rings is 1. The van der Waals surface area contributed by atoms with Crippen LogP contribution in [-0.4, -0.2) is 35.3 Å². The van der Waals surface area contributed by atoms with Crippen molar-refractivity contribution in [3.63, 3.8) is 0 Å². The van der Waals surface area contributed by atoms with Crippen molar-refractivity contribution in [1.29, 1.82) is 0 Å². The lowest BCUT2D eigenvalue weighted by Crippen LogP contribution is -2.52. The molecule has 0 aliphatic heterocycles. The second kappa shape index (κ2) is 4.96. The Balaban J connectivity index is 2.31. The first-order valence-electron chi connectivity index (χ1n) is 6.29. The van der Waals surface area contributed by atoms with Crippen molar-refractivity contribution in [3.05, 3.63) is 30.1 Å². The molecule has 1 aliphatic rings. The van der Waals surface area contributed by atoms with E-state index in [2.05, 4.69) is 9.88 Å². The minimum absolute atomic E-state index is 0.232. The van der Waals surface area contributed by atoms with Crippen molar-refractivity contribution >= 4 is 5.78 Å². The second-order valence-electron chi connectivity index (χ2n) is 5.06. The molecule has 92 valence electrons. The summed E-state index contributed by atoms with van der Waals surface area (Å²) in [6.45, 7) is 0. The summed E-state index contributed by atoms with van der Waals surface area (Å²) in [6, 6.07) is 3.70. The van der Waals surface area contributed by atoms with Crippen LogP contribution in [0.3, 0.4) is 0 Å². The van der Waals surface area contributed by atoms with Gasteiger partial charge in [0, 0.05) is 18.0 Å². The van der Waals surface area contributed by atoms with Gasteiger partial charge in [-0.1, -0.05) is 19.3 Å².